The number of benzene rings is 2. The predicted molar refractivity (Wildman–Crippen MR) is 112 cm³/mol. The molecule has 1 atom stereocenters. The van der Waals surface area contributed by atoms with E-state index < -0.39 is 10.0 Å². The van der Waals surface area contributed by atoms with E-state index >= 15 is 0 Å². The van der Waals surface area contributed by atoms with E-state index in [1.165, 1.54) is 5.56 Å². The summed E-state index contributed by atoms with van der Waals surface area (Å²) in [6.07, 6.45) is 2.13. The van der Waals surface area contributed by atoms with Crippen LogP contribution in [0.5, 0.6) is 5.75 Å². The van der Waals surface area contributed by atoms with Crippen LogP contribution in [0, 0.1) is 19.8 Å². The highest BCUT2D eigenvalue weighted by molar-refractivity contribution is 7.89. The lowest BCUT2D eigenvalue weighted by molar-refractivity contribution is 0.148. The summed E-state index contributed by atoms with van der Waals surface area (Å²) < 4.78 is 33.6. The standard InChI is InChI=1S/C22H30N2O3S/c1-18-5-9-21(10-6-18)27-15-14-24-13-3-4-20(17-24)16-23-28(25,26)22-11-7-19(2)8-12-22/h5-12,20,23H,3-4,13-17H2,1-2H3. The molecule has 0 aromatic heterocycles. The molecule has 3 rings (SSSR count). The van der Waals surface area contributed by atoms with Crippen LogP contribution < -0.4 is 9.46 Å². The first-order valence-corrected chi connectivity index (χ1v) is 11.4. The molecular weight excluding hydrogens is 372 g/mol. The largest absolute Gasteiger partial charge is 0.492 e. The van der Waals surface area contributed by atoms with Gasteiger partial charge in [-0.25, -0.2) is 13.1 Å². The number of sulfonamides is 1. The molecule has 0 bridgehead atoms. The molecule has 6 heteroatoms. The lowest BCUT2D eigenvalue weighted by Crippen LogP contribution is -2.42. The topological polar surface area (TPSA) is 58.6 Å². The van der Waals surface area contributed by atoms with Crippen molar-refractivity contribution in [1.82, 2.24) is 9.62 Å². The van der Waals surface area contributed by atoms with Gasteiger partial charge in [0, 0.05) is 19.6 Å². The second kappa shape index (κ2) is 9.54. The maximum Gasteiger partial charge on any atom is 0.240 e. The molecule has 28 heavy (non-hydrogen) atoms. The van der Waals surface area contributed by atoms with Crippen LogP contribution in [0.2, 0.25) is 0 Å². The molecule has 1 N–H and O–H groups in total. The Morgan fingerprint density at radius 3 is 2.36 bits per heavy atom. The zero-order chi connectivity index (χ0) is 20.0. The summed E-state index contributed by atoms with van der Waals surface area (Å²) in [6, 6.07) is 15.1. The Hall–Kier alpha value is -1.89. The van der Waals surface area contributed by atoms with Gasteiger partial charge in [0.05, 0.1) is 4.90 Å². The number of likely N-dealkylation sites (tertiary alicyclic amines) is 1. The Labute approximate surface area is 168 Å². The van der Waals surface area contributed by atoms with Crippen molar-refractivity contribution in [3.63, 3.8) is 0 Å². The minimum atomic E-state index is -3.44. The number of rotatable bonds is 8. The molecule has 1 unspecified atom stereocenters. The molecule has 1 saturated heterocycles. The van der Waals surface area contributed by atoms with Gasteiger partial charge in [0.2, 0.25) is 10.0 Å². The zero-order valence-corrected chi connectivity index (χ0v) is 17.5. The molecule has 2 aromatic carbocycles. The van der Waals surface area contributed by atoms with E-state index in [-0.39, 0.29) is 0 Å². The van der Waals surface area contributed by atoms with Crippen molar-refractivity contribution in [3.05, 3.63) is 59.7 Å². The molecule has 152 valence electrons. The quantitative estimate of drug-likeness (QED) is 0.735. The normalized spacial score (nSPS) is 18.1. The lowest BCUT2D eigenvalue weighted by atomic mass is 9.98. The fourth-order valence-electron chi connectivity index (χ4n) is 3.48. The average molecular weight is 403 g/mol. The lowest BCUT2D eigenvalue weighted by Gasteiger charge is -2.32. The Kier molecular flexibility index (Phi) is 7.10. The van der Waals surface area contributed by atoms with Crippen LogP contribution in [-0.2, 0) is 10.0 Å². The first-order chi connectivity index (χ1) is 13.4. The molecule has 0 saturated carbocycles. The molecule has 1 heterocycles. The Morgan fingerprint density at radius 1 is 1.04 bits per heavy atom. The molecule has 1 aliphatic heterocycles. The number of hydrogen-bond acceptors (Lipinski definition) is 4. The van der Waals surface area contributed by atoms with Gasteiger partial charge in [0.1, 0.15) is 12.4 Å². The van der Waals surface area contributed by atoms with Gasteiger partial charge < -0.3 is 4.74 Å². The van der Waals surface area contributed by atoms with E-state index in [0.717, 1.165) is 43.8 Å². The maximum absolute atomic E-state index is 12.5. The number of nitrogens with one attached hydrogen (secondary N) is 1. The summed E-state index contributed by atoms with van der Waals surface area (Å²) in [6.45, 7) is 7.92. The van der Waals surface area contributed by atoms with Crippen molar-refractivity contribution in [2.45, 2.75) is 31.6 Å². The summed E-state index contributed by atoms with van der Waals surface area (Å²) in [7, 11) is -3.44. The van der Waals surface area contributed by atoms with Crippen LogP contribution in [-0.4, -0.2) is 46.1 Å². The van der Waals surface area contributed by atoms with Crippen molar-refractivity contribution in [1.29, 1.82) is 0 Å². The SMILES string of the molecule is Cc1ccc(OCCN2CCCC(CNS(=O)(=O)c3ccc(C)cc3)C2)cc1. The third kappa shape index (κ3) is 6.06. The highest BCUT2D eigenvalue weighted by Gasteiger charge is 2.22. The summed E-state index contributed by atoms with van der Waals surface area (Å²) in [5.41, 5.74) is 2.27. The highest BCUT2D eigenvalue weighted by atomic mass is 32.2. The Morgan fingerprint density at radius 2 is 1.68 bits per heavy atom. The van der Waals surface area contributed by atoms with Crippen LogP contribution in [0.25, 0.3) is 0 Å². The summed E-state index contributed by atoms with van der Waals surface area (Å²) in [5, 5.41) is 0. The van der Waals surface area contributed by atoms with Crippen molar-refractivity contribution in [2.75, 3.05) is 32.8 Å². The maximum atomic E-state index is 12.5. The first kappa shape index (κ1) is 20.8. The summed E-state index contributed by atoms with van der Waals surface area (Å²) in [5.74, 6) is 1.22. The number of hydrogen-bond donors (Lipinski definition) is 1. The minimum Gasteiger partial charge on any atom is -0.492 e. The number of ether oxygens (including phenoxy) is 1. The van der Waals surface area contributed by atoms with Crippen LogP contribution >= 0.6 is 0 Å². The van der Waals surface area contributed by atoms with Gasteiger partial charge in [-0.3, -0.25) is 4.90 Å². The van der Waals surface area contributed by atoms with E-state index in [1.807, 2.05) is 43.3 Å². The molecular formula is C22H30N2O3S. The molecule has 1 fully saturated rings. The summed E-state index contributed by atoms with van der Waals surface area (Å²) in [4.78, 5) is 2.69. The first-order valence-electron chi connectivity index (χ1n) is 9.90. The molecule has 2 aromatic rings. The van der Waals surface area contributed by atoms with E-state index in [4.69, 9.17) is 4.74 Å². The monoisotopic (exact) mass is 402 g/mol. The van der Waals surface area contributed by atoms with Crippen molar-refractivity contribution in [2.24, 2.45) is 5.92 Å². The van der Waals surface area contributed by atoms with Gasteiger partial charge in [-0.1, -0.05) is 35.4 Å². The van der Waals surface area contributed by atoms with Crippen LogP contribution in [0.3, 0.4) is 0 Å². The van der Waals surface area contributed by atoms with Crippen molar-refractivity contribution >= 4 is 10.0 Å². The molecule has 0 aliphatic carbocycles. The van der Waals surface area contributed by atoms with Gasteiger partial charge >= 0.3 is 0 Å². The number of aryl methyl sites for hydroxylation is 2. The van der Waals surface area contributed by atoms with Gasteiger partial charge in [-0.05, 0) is 63.4 Å². The zero-order valence-electron chi connectivity index (χ0n) is 16.7. The predicted octanol–water partition coefficient (Wildman–Crippen LogP) is 3.37. The second-order valence-electron chi connectivity index (χ2n) is 7.64. The molecule has 0 spiro atoms. The molecule has 1 aliphatic rings. The minimum absolute atomic E-state index is 0.327. The third-order valence-electron chi connectivity index (χ3n) is 5.19. The molecule has 5 nitrogen and oxygen atoms in total. The van der Waals surface area contributed by atoms with Crippen molar-refractivity contribution < 1.29 is 13.2 Å². The van der Waals surface area contributed by atoms with Crippen LogP contribution in [0.1, 0.15) is 24.0 Å². The molecule has 0 radical (unpaired) electrons. The van der Waals surface area contributed by atoms with E-state index in [1.54, 1.807) is 12.1 Å². The average Bonchev–Trinajstić information content (AvgIpc) is 2.69. The van der Waals surface area contributed by atoms with Gasteiger partial charge in [-0.2, -0.15) is 0 Å². The van der Waals surface area contributed by atoms with E-state index in [2.05, 4.69) is 16.5 Å². The second-order valence-corrected chi connectivity index (χ2v) is 9.40. The summed E-state index contributed by atoms with van der Waals surface area (Å²) >= 11 is 0. The van der Waals surface area contributed by atoms with E-state index in [9.17, 15) is 8.42 Å². The molecule has 0 amide bonds. The van der Waals surface area contributed by atoms with Gasteiger partial charge in [0.25, 0.3) is 0 Å². The highest BCUT2D eigenvalue weighted by Crippen LogP contribution is 2.18. The third-order valence-corrected chi connectivity index (χ3v) is 6.63. The van der Waals surface area contributed by atoms with E-state index in [0.29, 0.717) is 24.0 Å². The van der Waals surface area contributed by atoms with Crippen LogP contribution in [0.4, 0.5) is 0 Å². The van der Waals surface area contributed by atoms with Gasteiger partial charge in [0.15, 0.2) is 0 Å². The van der Waals surface area contributed by atoms with Gasteiger partial charge in [-0.15, -0.1) is 0 Å². The Balaban J connectivity index is 1.44. The fraction of sp³-hybridized carbons (Fsp3) is 0.455. The Bertz CT molecular complexity index is 848. The van der Waals surface area contributed by atoms with Crippen LogP contribution in [0.15, 0.2) is 53.4 Å². The number of nitrogens with zero attached hydrogens (tertiary/aromatic N) is 1. The fourth-order valence-corrected chi connectivity index (χ4v) is 4.59. The number of piperidine rings is 1. The van der Waals surface area contributed by atoms with Crippen molar-refractivity contribution in [3.8, 4) is 5.75 Å². The smallest absolute Gasteiger partial charge is 0.240 e.